The van der Waals surface area contributed by atoms with E-state index in [1.807, 2.05) is 11.7 Å². The molecule has 2 heterocycles. The summed E-state index contributed by atoms with van der Waals surface area (Å²) in [5, 5.41) is 7.97. The largest absolute Gasteiger partial charge is 0.357 e. The summed E-state index contributed by atoms with van der Waals surface area (Å²) in [6, 6.07) is 10.5. The van der Waals surface area contributed by atoms with Crippen LogP contribution in [0.25, 0.3) is 6.08 Å². The zero-order chi connectivity index (χ0) is 20.6. The Hall–Kier alpha value is -2.60. The molecule has 2 aromatic rings. The van der Waals surface area contributed by atoms with Gasteiger partial charge in [-0.15, -0.1) is 0 Å². The van der Waals surface area contributed by atoms with Crippen LogP contribution in [0.2, 0.25) is 0 Å². The van der Waals surface area contributed by atoms with Gasteiger partial charge in [-0.05, 0) is 26.3 Å². The highest BCUT2D eigenvalue weighted by Crippen LogP contribution is 2.13. The minimum Gasteiger partial charge on any atom is -0.357 e. The molecular weight excluding hydrogens is 360 g/mol. The van der Waals surface area contributed by atoms with Crippen LogP contribution < -0.4 is 5.32 Å². The number of hydrogen-bond acceptors (Lipinski definition) is 3. The molecule has 1 aliphatic rings. The molecule has 1 fully saturated rings. The minimum absolute atomic E-state index is 0.674. The Labute approximate surface area is 174 Å². The van der Waals surface area contributed by atoms with Gasteiger partial charge in [0, 0.05) is 57.6 Å². The second-order valence-corrected chi connectivity index (χ2v) is 7.54. The van der Waals surface area contributed by atoms with Gasteiger partial charge in [0.25, 0.3) is 0 Å². The second kappa shape index (κ2) is 10.3. The number of nitrogens with zero attached hydrogens (tertiary/aromatic N) is 5. The molecule has 1 N–H and O–H groups in total. The quantitative estimate of drug-likeness (QED) is 0.605. The van der Waals surface area contributed by atoms with Gasteiger partial charge in [0.05, 0.1) is 12.2 Å². The molecule has 0 aliphatic carbocycles. The smallest absolute Gasteiger partial charge is 0.194 e. The van der Waals surface area contributed by atoms with Crippen LogP contribution in [0, 0.1) is 13.8 Å². The molecule has 0 saturated carbocycles. The van der Waals surface area contributed by atoms with E-state index in [0.29, 0.717) is 6.54 Å². The Morgan fingerprint density at radius 1 is 1.14 bits per heavy atom. The first kappa shape index (κ1) is 21.1. The van der Waals surface area contributed by atoms with Crippen LogP contribution in [0.1, 0.15) is 29.4 Å². The molecule has 0 unspecified atom stereocenters. The fourth-order valence-electron chi connectivity index (χ4n) is 3.67. The first-order valence-electron chi connectivity index (χ1n) is 10.5. The first-order chi connectivity index (χ1) is 14.1. The van der Waals surface area contributed by atoms with E-state index in [4.69, 9.17) is 4.99 Å². The Kier molecular flexibility index (Phi) is 7.47. The Morgan fingerprint density at radius 3 is 2.48 bits per heavy atom. The van der Waals surface area contributed by atoms with Crippen LogP contribution in [-0.4, -0.2) is 64.8 Å². The number of rotatable bonds is 6. The van der Waals surface area contributed by atoms with Gasteiger partial charge >= 0.3 is 0 Å². The topological polar surface area (TPSA) is 48.7 Å². The average Bonchev–Trinajstić information content (AvgIpc) is 2.98. The molecule has 0 radical (unpaired) electrons. The Balaban J connectivity index is 1.54. The van der Waals surface area contributed by atoms with Gasteiger partial charge in [-0.3, -0.25) is 9.58 Å². The van der Waals surface area contributed by atoms with Crippen molar-refractivity contribution in [3.63, 3.8) is 0 Å². The summed E-state index contributed by atoms with van der Waals surface area (Å²) < 4.78 is 1.94. The zero-order valence-corrected chi connectivity index (χ0v) is 18.2. The zero-order valence-electron chi connectivity index (χ0n) is 18.2. The summed E-state index contributed by atoms with van der Waals surface area (Å²) in [5.41, 5.74) is 4.75. The average molecular weight is 395 g/mol. The molecule has 0 amide bonds. The summed E-state index contributed by atoms with van der Waals surface area (Å²) in [7, 11) is 1.99. The maximum Gasteiger partial charge on any atom is 0.194 e. The van der Waals surface area contributed by atoms with Crippen LogP contribution in [0.5, 0.6) is 0 Å². The Morgan fingerprint density at radius 2 is 1.86 bits per heavy atom. The lowest BCUT2D eigenvalue weighted by atomic mass is 10.2. The first-order valence-corrected chi connectivity index (χ1v) is 10.5. The molecule has 1 saturated heterocycles. The van der Waals surface area contributed by atoms with Gasteiger partial charge in [-0.2, -0.15) is 5.10 Å². The summed E-state index contributed by atoms with van der Waals surface area (Å²) in [6.07, 6.45) is 4.47. The predicted octanol–water partition coefficient (Wildman–Crippen LogP) is 2.83. The van der Waals surface area contributed by atoms with Gasteiger partial charge in [0.2, 0.25) is 0 Å². The van der Waals surface area contributed by atoms with Gasteiger partial charge in [-0.1, -0.05) is 42.5 Å². The molecule has 1 aliphatic heterocycles. The third kappa shape index (κ3) is 5.70. The molecule has 0 bridgehead atoms. The predicted molar refractivity (Wildman–Crippen MR) is 121 cm³/mol. The summed E-state index contributed by atoms with van der Waals surface area (Å²) >= 11 is 0. The number of nitrogens with one attached hydrogen (secondary N) is 1. The van der Waals surface area contributed by atoms with Gasteiger partial charge in [0.1, 0.15) is 0 Å². The Bertz CT molecular complexity index is 829. The van der Waals surface area contributed by atoms with Crippen molar-refractivity contribution in [2.24, 2.45) is 12.0 Å². The minimum atomic E-state index is 0.674. The second-order valence-electron chi connectivity index (χ2n) is 7.54. The fourth-order valence-corrected chi connectivity index (χ4v) is 3.67. The molecule has 0 atom stereocenters. The van der Waals surface area contributed by atoms with E-state index in [2.05, 4.69) is 83.5 Å². The van der Waals surface area contributed by atoms with Crippen molar-refractivity contribution in [3.8, 4) is 0 Å². The van der Waals surface area contributed by atoms with Gasteiger partial charge in [-0.25, -0.2) is 4.99 Å². The monoisotopic (exact) mass is 394 g/mol. The van der Waals surface area contributed by atoms with Crippen LogP contribution in [0.15, 0.2) is 41.4 Å². The lowest BCUT2D eigenvalue weighted by Crippen LogP contribution is -2.52. The van der Waals surface area contributed by atoms with E-state index in [0.717, 1.165) is 50.9 Å². The number of aromatic nitrogens is 2. The van der Waals surface area contributed by atoms with E-state index in [1.54, 1.807) is 0 Å². The third-order valence-corrected chi connectivity index (χ3v) is 5.53. The van der Waals surface area contributed by atoms with E-state index < -0.39 is 0 Å². The lowest BCUT2D eigenvalue weighted by Gasteiger charge is -2.36. The maximum absolute atomic E-state index is 4.91. The highest BCUT2D eigenvalue weighted by atomic mass is 15.3. The summed E-state index contributed by atoms with van der Waals surface area (Å²) in [6.45, 7) is 12.9. The summed E-state index contributed by atoms with van der Waals surface area (Å²) in [5.74, 6) is 1.01. The molecule has 29 heavy (non-hydrogen) atoms. The molecule has 0 spiro atoms. The van der Waals surface area contributed by atoms with Crippen molar-refractivity contribution in [3.05, 3.63) is 58.9 Å². The van der Waals surface area contributed by atoms with Crippen molar-refractivity contribution in [1.29, 1.82) is 0 Å². The molecule has 6 nitrogen and oxygen atoms in total. The number of benzene rings is 1. The van der Waals surface area contributed by atoms with Gasteiger partial charge < -0.3 is 10.2 Å². The van der Waals surface area contributed by atoms with Crippen LogP contribution in [-0.2, 0) is 13.6 Å². The highest BCUT2D eigenvalue weighted by molar-refractivity contribution is 5.80. The van der Waals surface area contributed by atoms with Crippen LogP contribution in [0.3, 0.4) is 0 Å². The summed E-state index contributed by atoms with van der Waals surface area (Å²) in [4.78, 5) is 9.79. The van der Waals surface area contributed by atoms with Crippen LogP contribution >= 0.6 is 0 Å². The molecule has 6 heteroatoms. The molecule has 3 rings (SSSR count). The van der Waals surface area contributed by atoms with Crippen LogP contribution in [0.4, 0.5) is 0 Å². The van der Waals surface area contributed by atoms with Crippen molar-refractivity contribution in [2.45, 2.75) is 27.3 Å². The molecule has 1 aromatic heterocycles. The normalized spacial score (nSPS) is 16.0. The van der Waals surface area contributed by atoms with E-state index in [9.17, 15) is 0 Å². The third-order valence-electron chi connectivity index (χ3n) is 5.53. The number of guanidine groups is 1. The van der Waals surface area contributed by atoms with Crippen molar-refractivity contribution >= 4 is 12.0 Å². The van der Waals surface area contributed by atoms with Gasteiger partial charge in [0.15, 0.2) is 5.96 Å². The standard InChI is InChI=1S/C23H34N6/c1-5-24-23(25-18-22-19(2)26-27(4)20(22)3)29-16-14-28(15-17-29)13-9-12-21-10-7-6-8-11-21/h6-12H,5,13-18H2,1-4H3,(H,24,25)/b12-9+. The van der Waals surface area contributed by atoms with Crippen molar-refractivity contribution in [2.75, 3.05) is 39.3 Å². The van der Waals surface area contributed by atoms with E-state index in [1.165, 1.54) is 16.8 Å². The van der Waals surface area contributed by atoms with Crippen molar-refractivity contribution < 1.29 is 0 Å². The van der Waals surface area contributed by atoms with E-state index >= 15 is 0 Å². The number of hydrogen-bond donors (Lipinski definition) is 1. The lowest BCUT2D eigenvalue weighted by molar-refractivity contribution is 0.194. The number of aryl methyl sites for hydroxylation is 2. The highest BCUT2D eigenvalue weighted by Gasteiger charge is 2.19. The SMILES string of the molecule is CCNC(=NCc1c(C)nn(C)c1C)N1CCN(C/C=C/c2ccccc2)CC1. The van der Waals surface area contributed by atoms with Crippen molar-refractivity contribution in [1.82, 2.24) is 24.9 Å². The number of aliphatic imine (C=N–C) groups is 1. The molecular formula is C23H34N6. The maximum atomic E-state index is 4.91. The fraction of sp³-hybridized carbons (Fsp3) is 0.478. The number of piperazine rings is 1. The van der Waals surface area contributed by atoms with E-state index in [-0.39, 0.29) is 0 Å². The molecule has 1 aromatic carbocycles. The molecule has 156 valence electrons.